The highest BCUT2D eigenvalue weighted by Gasteiger charge is 2.19. The van der Waals surface area contributed by atoms with E-state index in [1.165, 1.54) is 6.26 Å². The number of benzene rings is 1. The first-order valence-corrected chi connectivity index (χ1v) is 7.05. The van der Waals surface area contributed by atoms with Crippen molar-refractivity contribution in [3.8, 4) is 17.5 Å². The van der Waals surface area contributed by atoms with E-state index in [0.717, 1.165) is 5.56 Å². The molecule has 0 bridgehead atoms. The van der Waals surface area contributed by atoms with Crippen LogP contribution in [-0.4, -0.2) is 17.0 Å². The standard InChI is InChI=1S/C17H15N5O/c1-22(11-12-6-3-2-4-7-12)16-13(10-18)15(20-17(19)21-16)14-8-5-9-23-14/h2-9H,11H2,1H3,(H2,19,20,21). The summed E-state index contributed by atoms with van der Waals surface area (Å²) >= 11 is 0. The molecule has 3 aromatic rings. The van der Waals surface area contributed by atoms with Crippen LogP contribution in [0.4, 0.5) is 11.8 Å². The SMILES string of the molecule is CN(Cc1ccccc1)c1nc(N)nc(-c2ccco2)c1C#N. The summed E-state index contributed by atoms with van der Waals surface area (Å²) in [7, 11) is 1.86. The molecule has 0 atom stereocenters. The Morgan fingerprint density at radius 2 is 1.96 bits per heavy atom. The van der Waals surface area contributed by atoms with Crippen LogP contribution in [-0.2, 0) is 6.54 Å². The summed E-state index contributed by atoms with van der Waals surface area (Å²) in [6.07, 6.45) is 1.53. The van der Waals surface area contributed by atoms with Gasteiger partial charge in [-0.2, -0.15) is 10.2 Å². The highest BCUT2D eigenvalue weighted by atomic mass is 16.3. The monoisotopic (exact) mass is 305 g/mol. The number of nitriles is 1. The molecule has 0 aliphatic heterocycles. The van der Waals surface area contributed by atoms with Crippen molar-refractivity contribution in [3.05, 3.63) is 59.9 Å². The van der Waals surface area contributed by atoms with Gasteiger partial charge in [-0.1, -0.05) is 30.3 Å². The lowest BCUT2D eigenvalue weighted by Crippen LogP contribution is -2.20. The van der Waals surface area contributed by atoms with E-state index in [4.69, 9.17) is 10.2 Å². The van der Waals surface area contributed by atoms with Gasteiger partial charge in [0.15, 0.2) is 11.6 Å². The fraction of sp³-hybridized carbons (Fsp3) is 0.118. The second kappa shape index (κ2) is 6.20. The Kier molecular flexibility index (Phi) is 3.93. The number of anilines is 2. The van der Waals surface area contributed by atoms with Crippen LogP contribution in [0.1, 0.15) is 11.1 Å². The third-order valence-electron chi connectivity index (χ3n) is 3.40. The summed E-state index contributed by atoms with van der Waals surface area (Å²) < 4.78 is 5.35. The number of hydrogen-bond acceptors (Lipinski definition) is 6. The molecular formula is C17H15N5O. The summed E-state index contributed by atoms with van der Waals surface area (Å²) in [4.78, 5) is 10.3. The minimum atomic E-state index is 0.102. The van der Waals surface area contributed by atoms with Crippen LogP contribution in [0.3, 0.4) is 0 Å². The fourth-order valence-corrected chi connectivity index (χ4v) is 2.37. The normalized spacial score (nSPS) is 10.3. The van der Waals surface area contributed by atoms with E-state index < -0.39 is 0 Å². The number of nitrogen functional groups attached to an aromatic ring is 1. The Morgan fingerprint density at radius 1 is 1.17 bits per heavy atom. The lowest BCUT2D eigenvalue weighted by Gasteiger charge is -2.20. The van der Waals surface area contributed by atoms with E-state index in [9.17, 15) is 5.26 Å². The molecule has 2 N–H and O–H groups in total. The lowest BCUT2D eigenvalue weighted by atomic mass is 10.1. The van der Waals surface area contributed by atoms with Gasteiger partial charge >= 0.3 is 0 Å². The second-order valence-corrected chi connectivity index (χ2v) is 5.06. The molecule has 2 aromatic heterocycles. The molecule has 2 heterocycles. The minimum Gasteiger partial charge on any atom is -0.463 e. The molecule has 0 saturated carbocycles. The predicted octanol–water partition coefficient (Wildman–Crippen LogP) is 2.83. The van der Waals surface area contributed by atoms with Crippen molar-refractivity contribution in [1.82, 2.24) is 9.97 Å². The maximum Gasteiger partial charge on any atom is 0.222 e. The van der Waals surface area contributed by atoms with Gasteiger partial charge < -0.3 is 15.1 Å². The number of hydrogen-bond donors (Lipinski definition) is 1. The zero-order valence-electron chi connectivity index (χ0n) is 12.6. The van der Waals surface area contributed by atoms with E-state index >= 15 is 0 Å². The van der Waals surface area contributed by atoms with Gasteiger partial charge in [0, 0.05) is 13.6 Å². The van der Waals surface area contributed by atoms with Gasteiger partial charge in [-0.15, -0.1) is 0 Å². The van der Waals surface area contributed by atoms with Crippen molar-refractivity contribution in [2.24, 2.45) is 0 Å². The highest BCUT2D eigenvalue weighted by Crippen LogP contribution is 2.29. The summed E-state index contributed by atoms with van der Waals surface area (Å²) in [5, 5.41) is 9.56. The number of nitrogens with two attached hydrogens (primary N) is 1. The van der Waals surface area contributed by atoms with E-state index in [1.807, 2.05) is 42.3 Å². The van der Waals surface area contributed by atoms with Crippen molar-refractivity contribution >= 4 is 11.8 Å². The molecule has 0 unspecified atom stereocenters. The minimum absolute atomic E-state index is 0.102. The van der Waals surface area contributed by atoms with E-state index in [0.29, 0.717) is 29.4 Å². The Labute approximate surface area is 133 Å². The third kappa shape index (κ3) is 2.99. The Bertz CT molecular complexity index is 837. The van der Waals surface area contributed by atoms with Crippen LogP contribution in [0.25, 0.3) is 11.5 Å². The number of furan rings is 1. The maximum absolute atomic E-state index is 9.56. The van der Waals surface area contributed by atoms with Gasteiger partial charge in [-0.05, 0) is 17.7 Å². The van der Waals surface area contributed by atoms with Gasteiger partial charge in [0.2, 0.25) is 5.95 Å². The predicted molar refractivity (Wildman–Crippen MR) is 87.4 cm³/mol. The van der Waals surface area contributed by atoms with Crippen LogP contribution in [0.15, 0.2) is 53.1 Å². The van der Waals surface area contributed by atoms with Gasteiger partial charge in [-0.25, -0.2) is 4.98 Å². The molecule has 3 rings (SSSR count). The molecule has 0 radical (unpaired) electrons. The summed E-state index contributed by atoms with van der Waals surface area (Å²) in [6.45, 7) is 0.601. The first-order chi connectivity index (χ1) is 11.2. The van der Waals surface area contributed by atoms with Gasteiger partial charge in [-0.3, -0.25) is 0 Å². The molecule has 0 aliphatic rings. The van der Waals surface area contributed by atoms with E-state index in [2.05, 4.69) is 16.0 Å². The molecule has 0 saturated heterocycles. The summed E-state index contributed by atoms with van der Waals surface area (Å²) in [6, 6.07) is 15.6. The Balaban J connectivity index is 2.03. The molecule has 6 heteroatoms. The third-order valence-corrected chi connectivity index (χ3v) is 3.40. The van der Waals surface area contributed by atoms with Crippen molar-refractivity contribution in [2.45, 2.75) is 6.54 Å². The van der Waals surface area contributed by atoms with Crippen molar-refractivity contribution in [3.63, 3.8) is 0 Å². The molecule has 0 fully saturated rings. The topological polar surface area (TPSA) is 92.0 Å². The van der Waals surface area contributed by atoms with Crippen LogP contribution in [0.5, 0.6) is 0 Å². The number of nitrogens with zero attached hydrogens (tertiary/aromatic N) is 4. The van der Waals surface area contributed by atoms with Gasteiger partial charge in [0.1, 0.15) is 17.3 Å². The molecule has 1 aromatic carbocycles. The Morgan fingerprint density at radius 3 is 2.61 bits per heavy atom. The van der Waals surface area contributed by atoms with Crippen LogP contribution >= 0.6 is 0 Å². The van der Waals surface area contributed by atoms with E-state index in [1.54, 1.807) is 12.1 Å². The van der Waals surface area contributed by atoms with Crippen LogP contribution in [0.2, 0.25) is 0 Å². The molecule has 23 heavy (non-hydrogen) atoms. The quantitative estimate of drug-likeness (QED) is 0.796. The van der Waals surface area contributed by atoms with Gasteiger partial charge in [0.05, 0.1) is 6.26 Å². The molecule has 6 nitrogen and oxygen atoms in total. The number of aromatic nitrogens is 2. The van der Waals surface area contributed by atoms with Crippen molar-refractivity contribution in [2.75, 3.05) is 17.7 Å². The van der Waals surface area contributed by atoms with Crippen LogP contribution in [0, 0.1) is 11.3 Å². The van der Waals surface area contributed by atoms with Crippen LogP contribution < -0.4 is 10.6 Å². The highest BCUT2D eigenvalue weighted by molar-refractivity contribution is 5.71. The number of rotatable bonds is 4. The molecule has 0 aliphatic carbocycles. The molecule has 0 spiro atoms. The van der Waals surface area contributed by atoms with E-state index in [-0.39, 0.29) is 5.95 Å². The average molecular weight is 305 g/mol. The first-order valence-electron chi connectivity index (χ1n) is 7.05. The smallest absolute Gasteiger partial charge is 0.222 e. The summed E-state index contributed by atoms with van der Waals surface area (Å²) in [5.41, 5.74) is 7.67. The maximum atomic E-state index is 9.56. The molecule has 114 valence electrons. The second-order valence-electron chi connectivity index (χ2n) is 5.06. The zero-order chi connectivity index (χ0) is 16.2. The van der Waals surface area contributed by atoms with Crippen molar-refractivity contribution < 1.29 is 4.42 Å². The summed E-state index contributed by atoms with van der Waals surface area (Å²) in [5.74, 6) is 1.07. The lowest BCUT2D eigenvalue weighted by molar-refractivity contribution is 0.579. The fourth-order valence-electron chi connectivity index (χ4n) is 2.37. The molecule has 0 amide bonds. The average Bonchev–Trinajstić information content (AvgIpc) is 3.09. The van der Waals surface area contributed by atoms with Gasteiger partial charge in [0.25, 0.3) is 0 Å². The largest absolute Gasteiger partial charge is 0.463 e. The first kappa shape index (κ1) is 14.6. The van der Waals surface area contributed by atoms with Crippen molar-refractivity contribution in [1.29, 1.82) is 5.26 Å². The molecular weight excluding hydrogens is 290 g/mol. The Hall–Kier alpha value is -3.33. The zero-order valence-corrected chi connectivity index (χ0v) is 12.6.